The van der Waals surface area contributed by atoms with Crippen molar-refractivity contribution in [2.24, 2.45) is 5.10 Å². The van der Waals surface area contributed by atoms with Crippen molar-refractivity contribution >= 4 is 11.4 Å². The van der Waals surface area contributed by atoms with E-state index in [1.807, 2.05) is 73.7 Å². The summed E-state index contributed by atoms with van der Waals surface area (Å²) in [5.41, 5.74) is 7.00. The zero-order valence-electron chi connectivity index (χ0n) is 15.2. The molecule has 2 aromatic carbocycles. The smallest absolute Gasteiger partial charge is 0.0971 e. The molecule has 0 spiro atoms. The molecule has 0 fully saturated rings. The lowest BCUT2D eigenvalue weighted by molar-refractivity contribution is -0.226. The summed E-state index contributed by atoms with van der Waals surface area (Å²) in [6, 6.07) is 20.1. The van der Waals surface area contributed by atoms with Gasteiger partial charge < -0.3 is 5.11 Å². The molecule has 2 N–H and O–H groups in total. The predicted molar refractivity (Wildman–Crippen MR) is 104 cm³/mol. The maximum Gasteiger partial charge on any atom is 0.0971 e. The lowest BCUT2D eigenvalue weighted by atomic mass is 10.1. The summed E-state index contributed by atoms with van der Waals surface area (Å²) in [6.07, 6.45) is 2.80. The summed E-state index contributed by atoms with van der Waals surface area (Å²) in [5.74, 6) is 0. The van der Waals surface area contributed by atoms with E-state index in [0.29, 0.717) is 6.42 Å². The molecule has 1 aliphatic rings. The van der Waals surface area contributed by atoms with Gasteiger partial charge in [-0.05, 0) is 25.0 Å². The van der Waals surface area contributed by atoms with Crippen LogP contribution < -0.4 is 5.43 Å². The summed E-state index contributed by atoms with van der Waals surface area (Å²) >= 11 is 0. The predicted octanol–water partition coefficient (Wildman–Crippen LogP) is 3.73. The number of rotatable bonds is 7. The molecule has 2 atom stereocenters. The topological polar surface area (TPSA) is 57.1 Å². The number of nitrogens with zero attached hydrogens (tertiary/aromatic N) is 2. The van der Waals surface area contributed by atoms with Crippen LogP contribution >= 0.6 is 0 Å². The highest BCUT2D eigenvalue weighted by Crippen LogP contribution is 2.20. The molecule has 0 radical (unpaired) electrons. The summed E-state index contributed by atoms with van der Waals surface area (Å²) in [7, 11) is 0. The molecule has 3 rings (SSSR count). The van der Waals surface area contributed by atoms with E-state index in [-0.39, 0.29) is 6.10 Å². The van der Waals surface area contributed by atoms with Crippen LogP contribution in [0.3, 0.4) is 0 Å². The minimum Gasteiger partial charge on any atom is -0.393 e. The molecule has 0 aromatic heterocycles. The van der Waals surface area contributed by atoms with Crippen LogP contribution in [0.5, 0.6) is 0 Å². The van der Waals surface area contributed by atoms with Crippen LogP contribution in [0.2, 0.25) is 0 Å². The van der Waals surface area contributed by atoms with E-state index in [1.165, 1.54) is 5.28 Å². The van der Waals surface area contributed by atoms with Gasteiger partial charge in [0.05, 0.1) is 23.6 Å². The molecular formula is C21H25N3O2. The zero-order chi connectivity index (χ0) is 18.4. The number of hydrogen-bond acceptors (Lipinski definition) is 5. The van der Waals surface area contributed by atoms with Crippen molar-refractivity contribution in [1.29, 1.82) is 0 Å². The number of hydrogen-bond donors (Lipinski definition) is 2. The van der Waals surface area contributed by atoms with E-state index < -0.39 is 6.10 Å². The average molecular weight is 351 g/mol. The Morgan fingerprint density at radius 2 is 1.65 bits per heavy atom. The minimum atomic E-state index is -0.425. The highest BCUT2D eigenvalue weighted by Gasteiger charge is 2.20. The van der Waals surface area contributed by atoms with Crippen LogP contribution in [0.1, 0.15) is 37.8 Å². The van der Waals surface area contributed by atoms with Gasteiger partial charge in [-0.2, -0.15) is 0 Å². The fourth-order valence-electron chi connectivity index (χ4n) is 2.80. The van der Waals surface area contributed by atoms with Crippen molar-refractivity contribution in [3.63, 3.8) is 0 Å². The molecular weight excluding hydrogens is 326 g/mol. The molecule has 2 aromatic rings. The number of aliphatic hydroxyl groups excluding tert-OH is 1. The monoisotopic (exact) mass is 351 g/mol. The number of hydrazone groups is 1. The van der Waals surface area contributed by atoms with E-state index in [1.54, 1.807) is 6.92 Å². The van der Waals surface area contributed by atoms with Crippen molar-refractivity contribution in [3.8, 4) is 0 Å². The third kappa shape index (κ3) is 4.71. The second kappa shape index (κ2) is 8.65. The molecule has 0 saturated carbocycles. The Balaban J connectivity index is 1.88. The first kappa shape index (κ1) is 18.2. The maximum absolute atomic E-state index is 9.68. The second-order valence-electron chi connectivity index (χ2n) is 6.38. The third-order valence-electron chi connectivity index (χ3n) is 4.16. The SMILES string of the molecule is CCC(CC(C)O)ON1N=C(c2ccccc2)C=C(c2ccccc2)N1. The molecule has 5 heteroatoms. The molecule has 1 aliphatic heterocycles. The van der Waals surface area contributed by atoms with Gasteiger partial charge in [0.1, 0.15) is 0 Å². The Bertz CT molecular complexity index is 757. The van der Waals surface area contributed by atoms with Crippen LogP contribution in [0.4, 0.5) is 0 Å². The fraction of sp³-hybridized carbons (Fsp3) is 0.286. The van der Waals surface area contributed by atoms with Crippen molar-refractivity contribution < 1.29 is 9.94 Å². The summed E-state index contributed by atoms with van der Waals surface area (Å²) in [6.45, 7) is 3.80. The van der Waals surface area contributed by atoms with Gasteiger partial charge in [0.2, 0.25) is 0 Å². The van der Waals surface area contributed by atoms with E-state index in [9.17, 15) is 5.11 Å². The summed E-state index contributed by atoms with van der Waals surface area (Å²) in [5, 5.41) is 15.7. The molecule has 0 saturated heterocycles. The Labute approximate surface area is 154 Å². The van der Waals surface area contributed by atoms with Crippen molar-refractivity contribution in [2.75, 3.05) is 0 Å². The second-order valence-corrected chi connectivity index (χ2v) is 6.38. The highest BCUT2D eigenvalue weighted by molar-refractivity contribution is 6.12. The maximum atomic E-state index is 9.68. The molecule has 0 aliphatic carbocycles. The van der Waals surface area contributed by atoms with Crippen molar-refractivity contribution in [3.05, 3.63) is 77.9 Å². The van der Waals surface area contributed by atoms with Crippen LogP contribution in [0.25, 0.3) is 5.70 Å². The van der Waals surface area contributed by atoms with Gasteiger partial charge >= 0.3 is 0 Å². The van der Waals surface area contributed by atoms with E-state index in [4.69, 9.17) is 4.84 Å². The van der Waals surface area contributed by atoms with Crippen LogP contribution in [-0.2, 0) is 4.84 Å². The Kier molecular flexibility index (Phi) is 6.04. The molecule has 5 nitrogen and oxygen atoms in total. The lowest BCUT2D eigenvalue weighted by Gasteiger charge is -2.29. The van der Waals surface area contributed by atoms with Crippen molar-refractivity contribution in [1.82, 2.24) is 10.7 Å². The number of aliphatic hydroxyl groups is 1. The van der Waals surface area contributed by atoms with Gasteiger partial charge in [-0.25, -0.2) is 4.84 Å². The molecule has 26 heavy (non-hydrogen) atoms. The van der Waals surface area contributed by atoms with Crippen LogP contribution in [0, 0.1) is 0 Å². The third-order valence-corrected chi connectivity index (χ3v) is 4.16. The molecule has 1 heterocycles. The van der Waals surface area contributed by atoms with E-state index in [2.05, 4.69) is 10.5 Å². The van der Waals surface area contributed by atoms with Gasteiger partial charge in [0, 0.05) is 12.0 Å². The van der Waals surface area contributed by atoms with Crippen LogP contribution in [0.15, 0.2) is 71.8 Å². The van der Waals surface area contributed by atoms with Gasteiger partial charge in [0.15, 0.2) is 0 Å². The number of hydrazine groups is 1. The minimum absolute atomic E-state index is 0.126. The lowest BCUT2D eigenvalue weighted by Crippen LogP contribution is -2.40. The Hall–Kier alpha value is -2.63. The van der Waals surface area contributed by atoms with Gasteiger partial charge in [-0.15, -0.1) is 5.10 Å². The average Bonchev–Trinajstić information content (AvgIpc) is 2.68. The normalized spacial score (nSPS) is 16.3. The number of benzene rings is 2. The first-order valence-electron chi connectivity index (χ1n) is 8.98. The van der Waals surface area contributed by atoms with Crippen molar-refractivity contribution in [2.45, 2.75) is 38.9 Å². The van der Waals surface area contributed by atoms with Gasteiger partial charge in [0.25, 0.3) is 0 Å². The Morgan fingerprint density at radius 3 is 2.23 bits per heavy atom. The standard InChI is InChI=1S/C21H25N3O2/c1-3-19(14-16(2)25)26-24-22-20(17-10-6-4-7-11-17)15-21(23-24)18-12-8-5-9-13-18/h4-13,15-16,19,22,25H,3,14H2,1-2H3. The first-order valence-corrected chi connectivity index (χ1v) is 8.98. The molecule has 0 bridgehead atoms. The van der Waals surface area contributed by atoms with E-state index >= 15 is 0 Å². The molecule has 0 amide bonds. The van der Waals surface area contributed by atoms with Gasteiger partial charge in [-0.1, -0.05) is 72.9 Å². The summed E-state index contributed by atoms with van der Waals surface area (Å²) in [4.78, 5) is 5.99. The van der Waals surface area contributed by atoms with Gasteiger partial charge in [-0.3, -0.25) is 5.43 Å². The quantitative estimate of drug-likeness (QED) is 0.798. The highest BCUT2D eigenvalue weighted by atomic mass is 16.7. The summed E-state index contributed by atoms with van der Waals surface area (Å²) < 4.78 is 0. The van der Waals surface area contributed by atoms with E-state index in [0.717, 1.165) is 29.0 Å². The number of nitrogens with one attached hydrogen (secondary N) is 1. The zero-order valence-corrected chi connectivity index (χ0v) is 15.2. The Morgan fingerprint density at radius 1 is 1.04 bits per heavy atom. The molecule has 136 valence electrons. The fourth-order valence-corrected chi connectivity index (χ4v) is 2.80. The molecule has 2 unspecified atom stereocenters. The van der Waals surface area contributed by atoms with Crippen LogP contribution in [-0.4, -0.2) is 28.3 Å². The number of allylic oxidation sites excluding steroid dienone is 1. The largest absolute Gasteiger partial charge is 0.393 e. The first-order chi connectivity index (χ1) is 12.7.